The molecule has 0 aliphatic carbocycles. The summed E-state index contributed by atoms with van der Waals surface area (Å²) in [5.74, 6) is 0.671. The largest absolute Gasteiger partial charge is 0.507 e. The van der Waals surface area contributed by atoms with Crippen LogP contribution < -0.4 is 10.7 Å². The van der Waals surface area contributed by atoms with Crippen LogP contribution in [0, 0.1) is 0 Å². The minimum atomic E-state index is -0.0677. The third kappa shape index (κ3) is 5.62. The van der Waals surface area contributed by atoms with Crippen molar-refractivity contribution in [3.8, 4) is 5.75 Å². The Morgan fingerprint density at radius 2 is 2.26 bits per heavy atom. The predicted octanol–water partition coefficient (Wildman–Crippen LogP) is 1.57. The van der Waals surface area contributed by atoms with Crippen molar-refractivity contribution in [3.63, 3.8) is 0 Å². The lowest BCUT2D eigenvalue weighted by molar-refractivity contribution is -0.119. The molecule has 122 valence electrons. The van der Waals surface area contributed by atoms with Crippen molar-refractivity contribution in [2.75, 3.05) is 11.2 Å². The van der Waals surface area contributed by atoms with E-state index in [0.29, 0.717) is 16.7 Å². The average Bonchev–Trinajstić information content (AvgIpc) is 2.94. The summed E-state index contributed by atoms with van der Waals surface area (Å²) in [7, 11) is 0. The molecule has 0 aliphatic heterocycles. The van der Waals surface area contributed by atoms with Crippen LogP contribution in [0.1, 0.15) is 19.4 Å². The van der Waals surface area contributed by atoms with Crippen molar-refractivity contribution < 1.29 is 9.90 Å². The first kappa shape index (κ1) is 16.8. The number of hydrogen-bond donors (Lipinski definition) is 4. The van der Waals surface area contributed by atoms with Crippen molar-refractivity contribution in [3.05, 3.63) is 29.8 Å². The number of amides is 1. The molecule has 0 fully saturated rings. The summed E-state index contributed by atoms with van der Waals surface area (Å²) in [6.45, 7) is 3.81. The van der Waals surface area contributed by atoms with Crippen LogP contribution in [0.25, 0.3) is 0 Å². The van der Waals surface area contributed by atoms with Gasteiger partial charge in [0.05, 0.1) is 12.0 Å². The molecule has 1 amide bonds. The number of anilines is 1. The van der Waals surface area contributed by atoms with Gasteiger partial charge in [0.25, 0.3) is 0 Å². The van der Waals surface area contributed by atoms with E-state index < -0.39 is 0 Å². The molecule has 1 aromatic carbocycles. The minimum Gasteiger partial charge on any atom is -0.507 e. The number of benzene rings is 1. The highest BCUT2D eigenvalue weighted by Gasteiger charge is 2.08. The molecule has 2 aromatic rings. The van der Waals surface area contributed by atoms with Crippen LogP contribution in [0.15, 0.2) is 34.5 Å². The van der Waals surface area contributed by atoms with E-state index in [0.717, 1.165) is 0 Å². The number of aromatic hydroxyl groups is 1. The SMILES string of the molecule is CC(C)NC(=O)CSc1n[nH]c(N/N=C/c2ccccc2O)n1. The first-order valence-electron chi connectivity index (χ1n) is 6.96. The summed E-state index contributed by atoms with van der Waals surface area (Å²) in [6, 6.07) is 6.95. The second-order valence-corrected chi connectivity index (χ2v) is 5.85. The number of H-pyrrole nitrogens is 1. The lowest BCUT2D eigenvalue weighted by atomic mass is 10.2. The van der Waals surface area contributed by atoms with Crippen molar-refractivity contribution >= 4 is 29.8 Å². The maximum absolute atomic E-state index is 11.5. The van der Waals surface area contributed by atoms with Crippen molar-refractivity contribution in [1.29, 1.82) is 0 Å². The van der Waals surface area contributed by atoms with Crippen molar-refractivity contribution in [1.82, 2.24) is 20.5 Å². The summed E-state index contributed by atoms with van der Waals surface area (Å²) in [4.78, 5) is 15.7. The number of carbonyl (C=O) groups excluding carboxylic acids is 1. The quantitative estimate of drug-likeness (QED) is 0.347. The molecule has 23 heavy (non-hydrogen) atoms. The highest BCUT2D eigenvalue weighted by atomic mass is 32.2. The van der Waals surface area contributed by atoms with Gasteiger partial charge in [0.1, 0.15) is 5.75 Å². The fraction of sp³-hybridized carbons (Fsp3) is 0.286. The molecule has 0 saturated heterocycles. The van der Waals surface area contributed by atoms with Crippen molar-refractivity contribution in [2.45, 2.75) is 25.0 Å². The molecule has 0 saturated carbocycles. The number of nitrogens with one attached hydrogen (secondary N) is 3. The first-order chi connectivity index (χ1) is 11.0. The highest BCUT2D eigenvalue weighted by Crippen LogP contribution is 2.14. The number of aromatic nitrogens is 3. The Kier molecular flexibility index (Phi) is 5.98. The number of rotatable bonds is 7. The van der Waals surface area contributed by atoms with Gasteiger partial charge in [-0.2, -0.15) is 10.1 Å². The summed E-state index contributed by atoms with van der Waals surface area (Å²) in [5.41, 5.74) is 3.26. The van der Waals surface area contributed by atoms with E-state index in [2.05, 4.69) is 31.0 Å². The molecule has 8 nitrogen and oxygen atoms in total. The average molecular weight is 334 g/mol. The molecule has 0 atom stereocenters. The Hall–Kier alpha value is -2.55. The summed E-state index contributed by atoms with van der Waals surface area (Å²) < 4.78 is 0. The molecule has 0 aliphatic rings. The van der Waals surface area contributed by atoms with Gasteiger partial charge >= 0.3 is 0 Å². The van der Waals surface area contributed by atoms with Crippen LogP contribution in [0.3, 0.4) is 0 Å². The molecule has 0 unspecified atom stereocenters. The maximum Gasteiger partial charge on any atom is 0.240 e. The molecule has 1 heterocycles. The van der Waals surface area contributed by atoms with Crippen LogP contribution in [-0.2, 0) is 4.79 Å². The fourth-order valence-electron chi connectivity index (χ4n) is 1.61. The van der Waals surface area contributed by atoms with E-state index in [1.807, 2.05) is 13.8 Å². The van der Waals surface area contributed by atoms with E-state index in [1.165, 1.54) is 18.0 Å². The van der Waals surface area contributed by atoms with Gasteiger partial charge in [0.15, 0.2) is 0 Å². The number of hydrogen-bond acceptors (Lipinski definition) is 7. The molecule has 0 bridgehead atoms. The minimum absolute atomic E-state index is 0.0677. The van der Waals surface area contributed by atoms with Crippen LogP contribution in [0.5, 0.6) is 5.75 Å². The van der Waals surface area contributed by atoms with E-state index in [-0.39, 0.29) is 23.5 Å². The number of nitrogens with zero attached hydrogens (tertiary/aromatic N) is 3. The number of para-hydroxylation sites is 1. The third-order valence-corrected chi connectivity index (χ3v) is 3.41. The van der Waals surface area contributed by atoms with Crippen LogP contribution in [-0.4, -0.2) is 44.2 Å². The van der Waals surface area contributed by atoms with E-state index in [4.69, 9.17) is 0 Å². The van der Waals surface area contributed by atoms with Crippen molar-refractivity contribution in [2.24, 2.45) is 5.10 Å². The number of phenolic OH excluding ortho intramolecular Hbond substituents is 1. The standard InChI is InChI=1S/C14H18N6O2S/c1-9(2)16-12(22)8-23-14-17-13(19-20-14)18-15-7-10-5-3-4-6-11(10)21/h3-7,9,21H,8H2,1-2H3,(H,16,22)(H2,17,18,19,20)/b15-7+. The zero-order valence-corrected chi connectivity index (χ0v) is 13.6. The molecule has 4 N–H and O–H groups in total. The topological polar surface area (TPSA) is 115 Å². The molecule has 9 heteroatoms. The zero-order chi connectivity index (χ0) is 16.7. The Labute approximate surface area is 137 Å². The van der Waals surface area contributed by atoms with Gasteiger partial charge in [-0.15, -0.1) is 5.10 Å². The number of carbonyl (C=O) groups is 1. The highest BCUT2D eigenvalue weighted by molar-refractivity contribution is 7.99. The maximum atomic E-state index is 11.5. The molecule has 0 radical (unpaired) electrons. The van der Waals surface area contributed by atoms with Crippen LogP contribution in [0.4, 0.5) is 5.95 Å². The second-order valence-electron chi connectivity index (χ2n) is 4.91. The van der Waals surface area contributed by atoms with Crippen LogP contribution >= 0.6 is 11.8 Å². The fourth-order valence-corrected chi connectivity index (χ4v) is 2.22. The van der Waals surface area contributed by atoms with Gasteiger partial charge in [-0.3, -0.25) is 4.79 Å². The summed E-state index contributed by atoms with van der Waals surface area (Å²) in [5, 5.41) is 23.4. The number of phenols is 1. The van der Waals surface area contributed by atoms with Gasteiger partial charge in [-0.25, -0.2) is 10.5 Å². The number of thioether (sulfide) groups is 1. The Morgan fingerprint density at radius 1 is 1.48 bits per heavy atom. The molecule has 2 rings (SSSR count). The number of hydrazone groups is 1. The Bertz CT molecular complexity index is 685. The number of aromatic amines is 1. The summed E-state index contributed by atoms with van der Waals surface area (Å²) >= 11 is 1.23. The Balaban J connectivity index is 1.83. The normalized spacial score (nSPS) is 11.1. The van der Waals surface area contributed by atoms with Crippen LogP contribution in [0.2, 0.25) is 0 Å². The van der Waals surface area contributed by atoms with Gasteiger partial charge in [-0.05, 0) is 26.0 Å². The lowest BCUT2D eigenvalue weighted by Gasteiger charge is -2.06. The zero-order valence-electron chi connectivity index (χ0n) is 12.8. The van der Waals surface area contributed by atoms with E-state index in [9.17, 15) is 9.90 Å². The molecular weight excluding hydrogens is 316 g/mol. The summed E-state index contributed by atoms with van der Waals surface area (Å²) in [6.07, 6.45) is 1.47. The second kappa shape index (κ2) is 8.18. The Morgan fingerprint density at radius 3 is 3.00 bits per heavy atom. The van der Waals surface area contributed by atoms with E-state index >= 15 is 0 Å². The first-order valence-corrected chi connectivity index (χ1v) is 7.95. The van der Waals surface area contributed by atoms with E-state index in [1.54, 1.807) is 24.3 Å². The smallest absolute Gasteiger partial charge is 0.240 e. The van der Waals surface area contributed by atoms with Gasteiger partial charge in [0, 0.05) is 11.6 Å². The monoisotopic (exact) mass is 334 g/mol. The predicted molar refractivity (Wildman–Crippen MR) is 89.7 cm³/mol. The molecular formula is C14H18N6O2S. The lowest BCUT2D eigenvalue weighted by Crippen LogP contribution is -2.31. The van der Waals surface area contributed by atoms with Gasteiger partial charge < -0.3 is 10.4 Å². The van der Waals surface area contributed by atoms with Gasteiger partial charge in [-0.1, -0.05) is 23.9 Å². The molecule has 0 spiro atoms. The third-order valence-electron chi connectivity index (χ3n) is 2.56. The van der Waals surface area contributed by atoms with Gasteiger partial charge in [0.2, 0.25) is 17.0 Å². The molecule has 1 aromatic heterocycles.